The maximum Gasteiger partial charge on any atom is 0.157 e. The van der Waals surface area contributed by atoms with Crippen molar-refractivity contribution >= 4 is 0 Å². The van der Waals surface area contributed by atoms with Gasteiger partial charge in [0.1, 0.15) is 6.61 Å². The zero-order valence-electron chi connectivity index (χ0n) is 24.2. The van der Waals surface area contributed by atoms with E-state index in [4.69, 9.17) is 63.3 Å². The van der Waals surface area contributed by atoms with Crippen LogP contribution in [-0.4, -0.2) is 152 Å². The van der Waals surface area contributed by atoms with Crippen LogP contribution in [0.25, 0.3) is 0 Å². The molecule has 12 nitrogen and oxygen atoms in total. The van der Waals surface area contributed by atoms with Crippen LogP contribution in [0.2, 0.25) is 0 Å². The van der Waals surface area contributed by atoms with Crippen molar-refractivity contribution in [1.82, 2.24) is 0 Å². The molecule has 0 bridgehead atoms. The lowest BCUT2D eigenvalue weighted by molar-refractivity contribution is -0.169. The van der Waals surface area contributed by atoms with Gasteiger partial charge in [0.25, 0.3) is 0 Å². The maximum atomic E-state index is 5.60. The quantitative estimate of drug-likeness (QED) is 0.0846. The highest BCUT2D eigenvalue weighted by molar-refractivity contribution is 4.82. The molecule has 1 unspecified atom stereocenters. The Bertz CT molecular complexity index is 528. The SMILES string of the molecule is C#CCOCCOCCOCCOCCOCCOCCOCCOCCOCCOCCOC1CCCCO1. The van der Waals surface area contributed by atoms with E-state index in [9.17, 15) is 0 Å². The van der Waals surface area contributed by atoms with Gasteiger partial charge in [-0.3, -0.25) is 0 Å². The van der Waals surface area contributed by atoms with Gasteiger partial charge in [0.2, 0.25) is 0 Å². The van der Waals surface area contributed by atoms with Crippen LogP contribution in [-0.2, 0) is 56.8 Å². The summed E-state index contributed by atoms with van der Waals surface area (Å²) in [6.07, 6.45) is 8.27. The summed E-state index contributed by atoms with van der Waals surface area (Å²) in [4.78, 5) is 0. The van der Waals surface area contributed by atoms with E-state index in [0.29, 0.717) is 139 Å². The average molecular weight is 581 g/mol. The Morgan fingerprint density at radius 1 is 0.450 bits per heavy atom. The fourth-order valence-corrected chi connectivity index (χ4v) is 3.19. The Hall–Kier alpha value is -0.920. The van der Waals surface area contributed by atoms with Crippen molar-refractivity contribution in [3.8, 4) is 12.3 Å². The van der Waals surface area contributed by atoms with Gasteiger partial charge in [-0.25, -0.2) is 0 Å². The van der Waals surface area contributed by atoms with Crippen LogP contribution in [0.5, 0.6) is 0 Å². The van der Waals surface area contributed by atoms with E-state index >= 15 is 0 Å². The van der Waals surface area contributed by atoms with Crippen molar-refractivity contribution in [2.45, 2.75) is 25.6 Å². The zero-order valence-corrected chi connectivity index (χ0v) is 24.2. The summed E-state index contributed by atoms with van der Waals surface area (Å²) in [5, 5.41) is 0. The number of terminal acetylenes is 1. The molecular formula is C28H52O12. The number of ether oxygens (including phenoxy) is 12. The van der Waals surface area contributed by atoms with Gasteiger partial charge in [0.05, 0.1) is 132 Å². The minimum Gasteiger partial charge on any atom is -0.377 e. The molecule has 0 amide bonds. The zero-order chi connectivity index (χ0) is 28.4. The molecule has 1 aliphatic heterocycles. The molecule has 0 aromatic heterocycles. The van der Waals surface area contributed by atoms with Crippen molar-refractivity contribution in [2.24, 2.45) is 0 Å². The Morgan fingerprint density at radius 2 is 0.775 bits per heavy atom. The topological polar surface area (TPSA) is 111 Å². The van der Waals surface area contributed by atoms with Gasteiger partial charge in [0.15, 0.2) is 6.29 Å². The summed E-state index contributed by atoms with van der Waals surface area (Å²) in [7, 11) is 0. The third kappa shape index (κ3) is 28.6. The van der Waals surface area contributed by atoms with E-state index in [1.165, 1.54) is 6.42 Å². The summed E-state index contributed by atoms with van der Waals surface area (Å²) >= 11 is 0. The van der Waals surface area contributed by atoms with Crippen LogP contribution in [0.1, 0.15) is 19.3 Å². The van der Waals surface area contributed by atoms with E-state index in [1.807, 2.05) is 0 Å². The Labute approximate surface area is 240 Å². The van der Waals surface area contributed by atoms with Crippen molar-refractivity contribution in [1.29, 1.82) is 0 Å². The highest BCUT2D eigenvalue weighted by Gasteiger charge is 2.13. The lowest BCUT2D eigenvalue weighted by Gasteiger charge is -2.22. The summed E-state index contributed by atoms with van der Waals surface area (Å²) in [6.45, 7) is 11.5. The lowest BCUT2D eigenvalue weighted by atomic mass is 10.2. The van der Waals surface area contributed by atoms with Crippen LogP contribution >= 0.6 is 0 Å². The predicted molar refractivity (Wildman–Crippen MR) is 147 cm³/mol. The lowest BCUT2D eigenvalue weighted by Crippen LogP contribution is -2.24. The highest BCUT2D eigenvalue weighted by Crippen LogP contribution is 2.13. The van der Waals surface area contributed by atoms with E-state index in [2.05, 4.69) is 5.92 Å². The van der Waals surface area contributed by atoms with Crippen LogP contribution in [0.3, 0.4) is 0 Å². The van der Waals surface area contributed by atoms with E-state index < -0.39 is 0 Å². The van der Waals surface area contributed by atoms with Gasteiger partial charge >= 0.3 is 0 Å². The average Bonchev–Trinajstić information content (AvgIpc) is 2.98. The molecule has 12 heteroatoms. The predicted octanol–water partition coefficient (Wildman–Crippen LogP) is 1.33. The van der Waals surface area contributed by atoms with Gasteiger partial charge in [-0.05, 0) is 19.3 Å². The smallest absolute Gasteiger partial charge is 0.157 e. The van der Waals surface area contributed by atoms with Crippen molar-refractivity contribution in [3.63, 3.8) is 0 Å². The molecule has 1 heterocycles. The molecule has 236 valence electrons. The molecule has 1 atom stereocenters. The molecular weight excluding hydrogens is 528 g/mol. The molecule has 0 N–H and O–H groups in total. The first-order chi connectivity index (χ1) is 19.9. The maximum absolute atomic E-state index is 5.60. The third-order valence-electron chi connectivity index (χ3n) is 5.20. The van der Waals surface area contributed by atoms with Crippen molar-refractivity contribution in [3.05, 3.63) is 0 Å². The number of rotatable bonds is 32. The van der Waals surface area contributed by atoms with Crippen LogP contribution in [0.4, 0.5) is 0 Å². The van der Waals surface area contributed by atoms with Crippen molar-refractivity contribution < 1.29 is 56.8 Å². The highest BCUT2D eigenvalue weighted by atomic mass is 16.7. The normalized spacial score (nSPS) is 15.4. The number of hydrogen-bond donors (Lipinski definition) is 0. The molecule has 0 radical (unpaired) electrons. The van der Waals surface area contributed by atoms with Gasteiger partial charge in [-0.15, -0.1) is 6.42 Å². The van der Waals surface area contributed by atoms with Gasteiger partial charge in [-0.1, -0.05) is 5.92 Å². The Kier molecular flexibility index (Phi) is 30.2. The standard InChI is InChI=1S/C28H52O12/c1-2-6-29-8-9-30-10-11-31-12-13-32-14-15-33-16-17-34-18-19-35-20-21-36-22-23-37-24-25-38-26-27-40-28-5-3-4-7-39-28/h1,28H,3-27H2. The molecule has 0 spiro atoms. The minimum atomic E-state index is -0.0641. The third-order valence-corrected chi connectivity index (χ3v) is 5.20. The molecule has 1 fully saturated rings. The van der Waals surface area contributed by atoms with Crippen LogP contribution in [0.15, 0.2) is 0 Å². The van der Waals surface area contributed by atoms with Gasteiger partial charge in [0, 0.05) is 6.61 Å². The summed E-state index contributed by atoms with van der Waals surface area (Å²) in [6, 6.07) is 0. The second-order valence-electron chi connectivity index (χ2n) is 8.43. The fourth-order valence-electron chi connectivity index (χ4n) is 3.19. The van der Waals surface area contributed by atoms with Crippen molar-refractivity contribution in [2.75, 3.05) is 145 Å². The first kappa shape index (κ1) is 37.1. The minimum absolute atomic E-state index is 0.0641. The monoisotopic (exact) mass is 580 g/mol. The van der Waals surface area contributed by atoms with Gasteiger partial charge < -0.3 is 56.8 Å². The summed E-state index contributed by atoms with van der Waals surface area (Å²) < 4.78 is 65.2. The number of hydrogen-bond acceptors (Lipinski definition) is 12. The summed E-state index contributed by atoms with van der Waals surface area (Å²) in [5.41, 5.74) is 0. The van der Waals surface area contributed by atoms with Crippen LogP contribution in [0, 0.1) is 12.3 Å². The molecule has 1 aliphatic rings. The molecule has 40 heavy (non-hydrogen) atoms. The Morgan fingerprint density at radius 3 is 1.07 bits per heavy atom. The molecule has 1 rings (SSSR count). The molecule has 0 saturated carbocycles. The van der Waals surface area contributed by atoms with Crippen LogP contribution < -0.4 is 0 Å². The second-order valence-corrected chi connectivity index (χ2v) is 8.43. The first-order valence-electron chi connectivity index (χ1n) is 14.4. The fraction of sp³-hybridized carbons (Fsp3) is 0.929. The molecule has 0 aliphatic carbocycles. The molecule has 1 saturated heterocycles. The summed E-state index contributed by atoms with van der Waals surface area (Å²) in [5.74, 6) is 2.40. The first-order valence-corrected chi connectivity index (χ1v) is 14.4. The largest absolute Gasteiger partial charge is 0.377 e. The van der Waals surface area contributed by atoms with E-state index in [-0.39, 0.29) is 6.29 Å². The Balaban J connectivity index is 1.60. The van der Waals surface area contributed by atoms with E-state index in [1.54, 1.807) is 0 Å². The molecule has 0 aromatic carbocycles. The second kappa shape index (κ2) is 32.6. The molecule has 0 aromatic rings. The van der Waals surface area contributed by atoms with E-state index in [0.717, 1.165) is 19.4 Å². The van der Waals surface area contributed by atoms with Gasteiger partial charge in [-0.2, -0.15) is 0 Å².